The molecule has 8 nitrogen and oxygen atoms in total. The van der Waals surface area contributed by atoms with Gasteiger partial charge in [0.2, 0.25) is 10.0 Å². The number of primary sulfonamides is 1. The number of hydrogen-bond donors (Lipinski definition) is 2. The molecule has 0 bridgehead atoms. The second-order valence-corrected chi connectivity index (χ2v) is 7.13. The monoisotopic (exact) mass is 434 g/mol. The van der Waals surface area contributed by atoms with E-state index < -0.39 is 40.0 Å². The van der Waals surface area contributed by atoms with Crippen LogP contribution in [0.5, 0.6) is 5.75 Å². The lowest BCUT2D eigenvalue weighted by Crippen LogP contribution is -2.22. The van der Waals surface area contributed by atoms with Gasteiger partial charge in [-0.2, -0.15) is 8.78 Å². The molecule has 28 heavy (non-hydrogen) atoms. The molecular formula is C16H13ClF2N2O6S. The summed E-state index contributed by atoms with van der Waals surface area (Å²) in [7, 11) is -4.17. The molecule has 0 aliphatic rings. The van der Waals surface area contributed by atoms with Crippen LogP contribution < -0.4 is 15.2 Å². The van der Waals surface area contributed by atoms with Crippen LogP contribution in [0.15, 0.2) is 47.4 Å². The number of nitrogens with one attached hydrogen (secondary N) is 1. The minimum atomic E-state index is -4.17. The predicted octanol–water partition coefficient (Wildman–Crippen LogP) is 2.38. The quantitative estimate of drug-likeness (QED) is 0.644. The summed E-state index contributed by atoms with van der Waals surface area (Å²) in [5, 5.41) is 7.06. The summed E-state index contributed by atoms with van der Waals surface area (Å²) in [6.07, 6.45) is 0. The van der Waals surface area contributed by atoms with Gasteiger partial charge < -0.3 is 14.8 Å². The zero-order chi connectivity index (χ0) is 20.9. The van der Waals surface area contributed by atoms with Crippen LogP contribution >= 0.6 is 11.6 Å². The molecule has 0 fully saturated rings. The van der Waals surface area contributed by atoms with E-state index in [1.165, 1.54) is 30.3 Å². The van der Waals surface area contributed by atoms with Crippen LogP contribution in [-0.2, 0) is 19.6 Å². The van der Waals surface area contributed by atoms with Gasteiger partial charge in [0.15, 0.2) is 6.61 Å². The number of rotatable bonds is 7. The number of sulfonamides is 1. The van der Waals surface area contributed by atoms with Crippen molar-refractivity contribution in [1.29, 1.82) is 0 Å². The average Bonchev–Trinajstić information content (AvgIpc) is 2.60. The minimum Gasteiger partial charge on any atom is -0.452 e. The highest BCUT2D eigenvalue weighted by Gasteiger charge is 2.18. The Bertz CT molecular complexity index is 1000. The van der Waals surface area contributed by atoms with E-state index in [4.69, 9.17) is 21.5 Å². The van der Waals surface area contributed by atoms with Gasteiger partial charge in [-0.15, -0.1) is 0 Å². The standard InChI is InChI=1S/C16H13ClF2N2O6S/c17-10-6-5-9(7-13(10)28(20,24)25)15(23)26-8-14(22)21-11-3-1-2-4-12(11)27-16(18)19/h1-7,16H,8H2,(H,21,22)(H2,20,24,25). The van der Waals surface area contributed by atoms with Gasteiger partial charge in [-0.3, -0.25) is 4.79 Å². The number of hydrogen-bond acceptors (Lipinski definition) is 6. The van der Waals surface area contributed by atoms with Crippen molar-refractivity contribution in [3.63, 3.8) is 0 Å². The number of carbonyl (C=O) groups excluding carboxylic acids is 2. The summed E-state index contributed by atoms with van der Waals surface area (Å²) in [4.78, 5) is 23.4. The number of ether oxygens (including phenoxy) is 2. The van der Waals surface area contributed by atoms with Gasteiger partial charge in [-0.25, -0.2) is 18.4 Å². The zero-order valence-corrected chi connectivity index (χ0v) is 15.5. The maximum Gasteiger partial charge on any atom is 0.387 e. The van der Waals surface area contributed by atoms with Crippen LogP contribution in [0.4, 0.5) is 14.5 Å². The molecule has 0 saturated heterocycles. The third-order valence-corrected chi connectivity index (χ3v) is 4.58. The Hall–Kier alpha value is -2.76. The molecular weight excluding hydrogens is 422 g/mol. The Morgan fingerprint density at radius 1 is 1.18 bits per heavy atom. The zero-order valence-electron chi connectivity index (χ0n) is 13.9. The SMILES string of the molecule is NS(=O)(=O)c1cc(C(=O)OCC(=O)Nc2ccccc2OC(F)F)ccc1Cl. The van der Waals surface area contributed by atoms with E-state index in [-0.39, 0.29) is 22.0 Å². The molecule has 0 spiro atoms. The van der Waals surface area contributed by atoms with Crippen molar-refractivity contribution in [2.24, 2.45) is 5.14 Å². The molecule has 0 radical (unpaired) electrons. The van der Waals surface area contributed by atoms with Gasteiger partial charge >= 0.3 is 12.6 Å². The predicted molar refractivity (Wildman–Crippen MR) is 94.8 cm³/mol. The van der Waals surface area contributed by atoms with Crippen molar-refractivity contribution in [3.05, 3.63) is 53.1 Å². The number of halogens is 3. The molecule has 2 aromatic rings. The minimum absolute atomic E-state index is 0.0492. The highest BCUT2D eigenvalue weighted by atomic mass is 35.5. The first kappa shape index (κ1) is 21.5. The van der Waals surface area contributed by atoms with Crippen LogP contribution in [0.25, 0.3) is 0 Å². The van der Waals surface area contributed by atoms with Crippen LogP contribution in [0.2, 0.25) is 5.02 Å². The Morgan fingerprint density at radius 3 is 2.50 bits per heavy atom. The fraction of sp³-hybridized carbons (Fsp3) is 0.125. The second-order valence-electron chi connectivity index (χ2n) is 5.19. The van der Waals surface area contributed by atoms with Gasteiger partial charge in [0.25, 0.3) is 5.91 Å². The van der Waals surface area contributed by atoms with Gasteiger partial charge in [0.1, 0.15) is 10.6 Å². The fourth-order valence-corrected chi connectivity index (χ4v) is 3.09. The van der Waals surface area contributed by atoms with Crippen molar-refractivity contribution in [2.45, 2.75) is 11.5 Å². The number of nitrogens with two attached hydrogens (primary N) is 1. The number of benzene rings is 2. The Balaban J connectivity index is 2.03. The first-order chi connectivity index (χ1) is 13.1. The third-order valence-electron chi connectivity index (χ3n) is 3.18. The Morgan fingerprint density at radius 2 is 1.86 bits per heavy atom. The van der Waals surface area contributed by atoms with E-state index in [9.17, 15) is 26.8 Å². The topological polar surface area (TPSA) is 125 Å². The summed E-state index contributed by atoms with van der Waals surface area (Å²) in [6.45, 7) is -3.86. The Kier molecular flexibility index (Phi) is 6.89. The number of alkyl halides is 2. The maximum atomic E-state index is 12.4. The lowest BCUT2D eigenvalue weighted by Gasteiger charge is -2.12. The Labute approximate surface area is 163 Å². The summed E-state index contributed by atoms with van der Waals surface area (Å²) in [5.74, 6) is -2.12. The van der Waals surface area contributed by atoms with Gasteiger partial charge in [-0.1, -0.05) is 23.7 Å². The number of carbonyl (C=O) groups is 2. The molecule has 3 N–H and O–H groups in total. The first-order valence-electron chi connectivity index (χ1n) is 7.41. The summed E-state index contributed by atoms with van der Waals surface area (Å²) in [6, 6.07) is 8.66. The molecule has 0 aliphatic carbocycles. The van der Waals surface area contributed by atoms with Crippen LogP contribution in [0.1, 0.15) is 10.4 Å². The van der Waals surface area contributed by atoms with E-state index >= 15 is 0 Å². The molecule has 150 valence electrons. The molecule has 0 heterocycles. The lowest BCUT2D eigenvalue weighted by atomic mass is 10.2. The van der Waals surface area contributed by atoms with Gasteiger partial charge in [-0.05, 0) is 30.3 Å². The summed E-state index contributed by atoms with van der Waals surface area (Å²) in [5.41, 5.74) is -0.255. The van der Waals surface area contributed by atoms with Gasteiger partial charge in [0, 0.05) is 0 Å². The van der Waals surface area contributed by atoms with Crippen LogP contribution in [-0.4, -0.2) is 33.5 Å². The molecule has 0 aliphatic heterocycles. The van der Waals surface area contributed by atoms with Crippen LogP contribution in [0, 0.1) is 0 Å². The third kappa shape index (κ3) is 5.87. The van der Waals surface area contributed by atoms with E-state index in [2.05, 4.69) is 10.1 Å². The molecule has 0 atom stereocenters. The average molecular weight is 435 g/mol. The van der Waals surface area contributed by atoms with Crippen molar-refractivity contribution in [1.82, 2.24) is 0 Å². The summed E-state index contributed by atoms with van der Waals surface area (Å²) >= 11 is 5.71. The van der Waals surface area contributed by atoms with Crippen molar-refractivity contribution in [3.8, 4) is 5.75 Å². The highest BCUT2D eigenvalue weighted by Crippen LogP contribution is 2.25. The highest BCUT2D eigenvalue weighted by molar-refractivity contribution is 7.89. The fourth-order valence-electron chi connectivity index (χ4n) is 2.02. The largest absolute Gasteiger partial charge is 0.452 e. The molecule has 1 amide bonds. The number of para-hydroxylation sites is 2. The van der Waals surface area contributed by atoms with E-state index in [1.807, 2.05) is 0 Å². The van der Waals surface area contributed by atoms with Crippen molar-refractivity contribution < 1.29 is 36.3 Å². The molecule has 2 rings (SSSR count). The lowest BCUT2D eigenvalue weighted by molar-refractivity contribution is -0.119. The number of esters is 1. The van der Waals surface area contributed by atoms with Crippen molar-refractivity contribution in [2.75, 3.05) is 11.9 Å². The second kappa shape index (κ2) is 8.95. The van der Waals surface area contributed by atoms with E-state index in [0.29, 0.717) is 0 Å². The maximum absolute atomic E-state index is 12.4. The summed E-state index contributed by atoms with van der Waals surface area (Å²) < 4.78 is 56.6. The molecule has 2 aromatic carbocycles. The smallest absolute Gasteiger partial charge is 0.387 e. The van der Waals surface area contributed by atoms with E-state index in [1.54, 1.807) is 0 Å². The van der Waals surface area contributed by atoms with Crippen LogP contribution in [0.3, 0.4) is 0 Å². The number of anilines is 1. The normalized spacial score (nSPS) is 11.2. The first-order valence-corrected chi connectivity index (χ1v) is 9.33. The van der Waals surface area contributed by atoms with Gasteiger partial charge in [0.05, 0.1) is 16.3 Å². The number of amides is 1. The molecule has 0 unspecified atom stereocenters. The van der Waals surface area contributed by atoms with E-state index in [0.717, 1.165) is 12.1 Å². The molecule has 0 saturated carbocycles. The molecule has 12 heteroatoms. The van der Waals surface area contributed by atoms with Crippen molar-refractivity contribution >= 4 is 39.2 Å². The molecule has 0 aromatic heterocycles.